The molecule has 1 fully saturated rings. The van der Waals surface area contributed by atoms with Gasteiger partial charge in [-0.2, -0.15) is 4.98 Å². The second-order valence-corrected chi connectivity index (χ2v) is 7.92. The lowest BCUT2D eigenvalue weighted by Crippen LogP contribution is -2.55. The summed E-state index contributed by atoms with van der Waals surface area (Å²) < 4.78 is 0. The fourth-order valence-corrected chi connectivity index (χ4v) is 4.12. The van der Waals surface area contributed by atoms with Crippen LogP contribution in [0.25, 0.3) is 10.3 Å². The van der Waals surface area contributed by atoms with Gasteiger partial charge in [0.05, 0.1) is 5.51 Å². The molecule has 4 N–H and O–H groups in total. The Morgan fingerprint density at radius 2 is 1.83 bits per heavy atom. The molecule has 0 radical (unpaired) electrons. The number of carbonyl (C=O) groups excluding carboxylic acids is 2. The van der Waals surface area contributed by atoms with Crippen LogP contribution in [0, 0.1) is 0 Å². The average Bonchev–Trinajstić information content (AvgIpc) is 3.17. The minimum atomic E-state index is -0.171. The molecule has 156 valence electrons. The molecule has 1 aliphatic heterocycles. The minimum Gasteiger partial charge on any atom is -0.368 e. The molecule has 11 heteroatoms. The number of nitrogen functional groups attached to an aromatic ring is 1. The molecule has 4 rings (SSSR count). The average molecular weight is 427 g/mol. The van der Waals surface area contributed by atoms with Crippen molar-refractivity contribution in [3.8, 4) is 0 Å². The number of thiazole rings is 1. The number of fused-ring (bicyclic) bond motifs is 1. The summed E-state index contributed by atoms with van der Waals surface area (Å²) in [4.78, 5) is 41.5. The first-order valence-corrected chi connectivity index (χ1v) is 10.4. The number of aromatic nitrogens is 3. The molecular weight excluding hydrogens is 404 g/mol. The molecule has 3 heterocycles. The quantitative estimate of drug-likeness (QED) is 0.586. The lowest BCUT2D eigenvalue weighted by molar-refractivity contribution is -0.114. The Morgan fingerprint density at radius 1 is 1.13 bits per heavy atom. The van der Waals surface area contributed by atoms with Gasteiger partial charge in [-0.05, 0) is 31.2 Å². The summed E-state index contributed by atoms with van der Waals surface area (Å²) in [5.74, 6) is 0.788. The summed E-state index contributed by atoms with van der Waals surface area (Å²) >= 11 is 1.43. The lowest BCUT2D eigenvalue weighted by atomic mass is 10.2. The molecule has 1 saturated heterocycles. The molecule has 1 atom stereocenters. The zero-order chi connectivity index (χ0) is 21.3. The highest BCUT2D eigenvalue weighted by Crippen LogP contribution is 2.28. The summed E-state index contributed by atoms with van der Waals surface area (Å²) in [6, 6.07) is 6.87. The van der Waals surface area contributed by atoms with Crippen LogP contribution in [0.3, 0.4) is 0 Å². The van der Waals surface area contributed by atoms with Crippen molar-refractivity contribution >= 4 is 56.8 Å². The van der Waals surface area contributed by atoms with Crippen LogP contribution in [-0.4, -0.2) is 57.5 Å². The van der Waals surface area contributed by atoms with Crippen molar-refractivity contribution in [2.24, 2.45) is 0 Å². The number of nitrogens with two attached hydrogens (primary N) is 1. The van der Waals surface area contributed by atoms with Gasteiger partial charge >= 0.3 is 6.03 Å². The topological polar surface area (TPSA) is 129 Å². The van der Waals surface area contributed by atoms with Gasteiger partial charge in [0.15, 0.2) is 10.6 Å². The second-order valence-electron chi connectivity index (χ2n) is 7.09. The van der Waals surface area contributed by atoms with E-state index in [9.17, 15) is 9.59 Å². The third-order valence-corrected chi connectivity index (χ3v) is 5.56. The Morgan fingerprint density at radius 3 is 2.50 bits per heavy atom. The van der Waals surface area contributed by atoms with Gasteiger partial charge in [0.25, 0.3) is 0 Å². The number of carbonyl (C=O) groups is 2. The zero-order valence-electron chi connectivity index (χ0n) is 16.6. The van der Waals surface area contributed by atoms with Crippen molar-refractivity contribution in [1.29, 1.82) is 0 Å². The van der Waals surface area contributed by atoms with Crippen molar-refractivity contribution in [3.05, 3.63) is 29.8 Å². The molecule has 0 aliphatic carbocycles. The van der Waals surface area contributed by atoms with Crippen LogP contribution >= 0.6 is 11.3 Å². The third kappa shape index (κ3) is 4.10. The minimum absolute atomic E-state index is 0.0332. The number of piperazine rings is 1. The molecule has 0 spiro atoms. The van der Waals surface area contributed by atoms with E-state index in [-0.39, 0.29) is 23.9 Å². The first kappa shape index (κ1) is 19.8. The number of amides is 3. The van der Waals surface area contributed by atoms with Crippen molar-refractivity contribution in [2.75, 3.05) is 40.9 Å². The highest BCUT2D eigenvalue weighted by Gasteiger charge is 2.29. The van der Waals surface area contributed by atoms with Crippen molar-refractivity contribution in [2.45, 2.75) is 19.9 Å². The predicted molar refractivity (Wildman–Crippen MR) is 118 cm³/mol. The van der Waals surface area contributed by atoms with E-state index in [2.05, 4.69) is 30.5 Å². The molecule has 0 bridgehead atoms. The monoisotopic (exact) mass is 426 g/mol. The summed E-state index contributed by atoms with van der Waals surface area (Å²) in [7, 11) is 0. The highest BCUT2D eigenvalue weighted by atomic mass is 32.1. The second kappa shape index (κ2) is 8.11. The number of nitrogens with zero attached hydrogens (tertiary/aromatic N) is 5. The summed E-state index contributed by atoms with van der Waals surface area (Å²) in [5, 5.41) is 5.60. The van der Waals surface area contributed by atoms with E-state index in [0.717, 1.165) is 10.3 Å². The molecule has 0 unspecified atom stereocenters. The van der Waals surface area contributed by atoms with Crippen LogP contribution in [0.1, 0.15) is 13.8 Å². The predicted octanol–water partition coefficient (Wildman–Crippen LogP) is 2.37. The smallest absolute Gasteiger partial charge is 0.321 e. The van der Waals surface area contributed by atoms with Crippen molar-refractivity contribution in [1.82, 2.24) is 19.9 Å². The van der Waals surface area contributed by atoms with Crippen LogP contribution < -0.4 is 21.3 Å². The number of benzene rings is 1. The SMILES string of the molecule is CC(=O)Nc1ccc(NC(=O)N2CCN(c3nc(N)nc4scnc34)[C@@H](C)C2)cc1. The van der Waals surface area contributed by atoms with Crippen LogP contribution in [0.15, 0.2) is 29.8 Å². The number of hydrogen-bond acceptors (Lipinski definition) is 8. The Hall–Kier alpha value is -3.47. The van der Waals surface area contributed by atoms with Gasteiger partial charge in [-0.15, -0.1) is 11.3 Å². The van der Waals surface area contributed by atoms with E-state index >= 15 is 0 Å². The fourth-order valence-electron chi connectivity index (χ4n) is 3.46. The molecule has 3 aromatic rings. The van der Waals surface area contributed by atoms with Crippen LogP contribution in [0.4, 0.5) is 27.9 Å². The Bertz CT molecular complexity index is 1080. The molecule has 2 aromatic heterocycles. The Balaban J connectivity index is 1.42. The van der Waals surface area contributed by atoms with E-state index in [1.165, 1.54) is 18.3 Å². The van der Waals surface area contributed by atoms with Gasteiger partial charge in [-0.3, -0.25) is 4.79 Å². The molecule has 1 aromatic carbocycles. The maximum absolute atomic E-state index is 12.7. The Kier molecular flexibility index (Phi) is 5.36. The Labute approximate surface area is 177 Å². The van der Waals surface area contributed by atoms with Crippen LogP contribution in [0.2, 0.25) is 0 Å². The first-order valence-electron chi connectivity index (χ1n) is 9.47. The maximum atomic E-state index is 12.7. The summed E-state index contributed by atoms with van der Waals surface area (Å²) in [6.45, 7) is 5.17. The number of urea groups is 1. The van der Waals surface area contributed by atoms with E-state index < -0.39 is 0 Å². The van der Waals surface area contributed by atoms with Gasteiger partial charge in [-0.25, -0.2) is 14.8 Å². The normalized spacial score (nSPS) is 16.5. The van der Waals surface area contributed by atoms with E-state index in [1.807, 2.05) is 6.92 Å². The van der Waals surface area contributed by atoms with Gasteiger partial charge in [0, 0.05) is 44.0 Å². The standard InChI is InChI=1S/C19H22N8O2S/c1-11-9-26(19(29)23-14-5-3-13(4-6-14)22-12(2)28)7-8-27(11)16-15-17(30-10-21-15)25-18(20)24-16/h3-6,10-11H,7-9H2,1-2H3,(H,22,28)(H,23,29)(H2,20,24,25)/t11-/m0/s1. The lowest BCUT2D eigenvalue weighted by Gasteiger charge is -2.40. The van der Waals surface area contributed by atoms with Crippen molar-refractivity contribution in [3.63, 3.8) is 0 Å². The zero-order valence-corrected chi connectivity index (χ0v) is 17.4. The molecule has 0 saturated carbocycles. The molecule has 30 heavy (non-hydrogen) atoms. The highest BCUT2D eigenvalue weighted by molar-refractivity contribution is 7.16. The number of rotatable bonds is 3. The molecular formula is C19H22N8O2S. The van der Waals surface area contributed by atoms with Crippen LogP contribution in [-0.2, 0) is 4.79 Å². The summed E-state index contributed by atoms with van der Waals surface area (Å²) in [6.07, 6.45) is 0. The van der Waals surface area contributed by atoms with E-state index in [0.29, 0.717) is 36.8 Å². The number of nitrogens with one attached hydrogen (secondary N) is 2. The van der Waals surface area contributed by atoms with Gasteiger partial charge in [-0.1, -0.05) is 0 Å². The number of anilines is 4. The molecule has 1 aliphatic rings. The summed E-state index contributed by atoms with van der Waals surface area (Å²) in [5.41, 5.74) is 9.68. The van der Waals surface area contributed by atoms with E-state index in [1.54, 1.807) is 34.7 Å². The van der Waals surface area contributed by atoms with Crippen molar-refractivity contribution < 1.29 is 9.59 Å². The largest absolute Gasteiger partial charge is 0.368 e. The van der Waals surface area contributed by atoms with Gasteiger partial charge in [0.1, 0.15) is 5.52 Å². The first-order chi connectivity index (χ1) is 14.4. The van der Waals surface area contributed by atoms with Gasteiger partial charge in [0.2, 0.25) is 11.9 Å². The van der Waals surface area contributed by atoms with E-state index in [4.69, 9.17) is 5.73 Å². The third-order valence-electron chi connectivity index (χ3n) is 4.84. The molecule has 3 amide bonds. The number of hydrogen-bond donors (Lipinski definition) is 3. The molecule has 10 nitrogen and oxygen atoms in total. The fraction of sp³-hybridized carbons (Fsp3) is 0.316. The maximum Gasteiger partial charge on any atom is 0.321 e. The van der Waals surface area contributed by atoms with Crippen LogP contribution in [0.5, 0.6) is 0 Å². The van der Waals surface area contributed by atoms with Gasteiger partial charge < -0.3 is 26.2 Å².